The average Bonchev–Trinajstić information content (AvgIpc) is 3.33. The predicted molar refractivity (Wildman–Crippen MR) is 120 cm³/mol. The molecular weight excluding hydrogens is 415 g/mol. The Morgan fingerprint density at radius 2 is 1.53 bits per heavy atom. The van der Waals surface area contributed by atoms with Crippen LogP contribution in [0.5, 0.6) is 17.2 Å². The Balaban J connectivity index is 1.50. The number of methoxy groups -OCH3 is 3. The first-order valence-corrected chi connectivity index (χ1v) is 10.5. The van der Waals surface area contributed by atoms with Crippen LogP contribution in [0.4, 0.5) is 10.1 Å². The number of benzene rings is 2. The predicted octanol–water partition coefficient (Wildman–Crippen LogP) is 2.49. The number of aliphatic imine (C=N–C) groups is 1. The molecule has 0 N–H and O–H groups in total. The van der Waals surface area contributed by atoms with Crippen molar-refractivity contribution in [3.63, 3.8) is 0 Å². The zero-order valence-electron chi connectivity index (χ0n) is 18.5. The highest BCUT2D eigenvalue weighted by atomic mass is 19.1. The summed E-state index contributed by atoms with van der Waals surface area (Å²) < 4.78 is 30.3. The van der Waals surface area contributed by atoms with E-state index in [-0.39, 0.29) is 11.7 Å². The van der Waals surface area contributed by atoms with Gasteiger partial charge in [-0.25, -0.2) is 4.39 Å². The van der Waals surface area contributed by atoms with E-state index in [1.807, 2.05) is 11.0 Å². The van der Waals surface area contributed by atoms with Crippen molar-refractivity contribution in [1.82, 2.24) is 9.80 Å². The molecule has 2 aromatic rings. The number of amides is 1. The van der Waals surface area contributed by atoms with E-state index in [0.717, 1.165) is 0 Å². The Kier molecular flexibility index (Phi) is 6.34. The van der Waals surface area contributed by atoms with E-state index in [4.69, 9.17) is 14.2 Å². The molecule has 2 aliphatic heterocycles. The van der Waals surface area contributed by atoms with Crippen LogP contribution in [0.3, 0.4) is 0 Å². The van der Waals surface area contributed by atoms with Gasteiger partial charge in [-0.05, 0) is 24.3 Å². The zero-order valence-corrected chi connectivity index (χ0v) is 18.5. The molecule has 32 heavy (non-hydrogen) atoms. The van der Waals surface area contributed by atoms with Crippen molar-refractivity contribution in [3.8, 4) is 17.2 Å². The summed E-state index contributed by atoms with van der Waals surface area (Å²) in [6.45, 7) is 3.62. The van der Waals surface area contributed by atoms with Crippen LogP contribution < -0.4 is 19.1 Å². The summed E-state index contributed by atoms with van der Waals surface area (Å²) >= 11 is 0. The van der Waals surface area contributed by atoms with Crippen LogP contribution in [0, 0.1) is 5.82 Å². The molecule has 0 unspecified atom stereocenters. The van der Waals surface area contributed by atoms with E-state index in [1.165, 1.54) is 27.4 Å². The van der Waals surface area contributed by atoms with E-state index in [0.29, 0.717) is 73.7 Å². The summed E-state index contributed by atoms with van der Waals surface area (Å²) in [5.41, 5.74) is 1.03. The number of rotatable bonds is 5. The quantitative estimate of drug-likeness (QED) is 0.709. The zero-order chi connectivity index (χ0) is 22.7. The fourth-order valence-corrected chi connectivity index (χ4v) is 4.11. The molecule has 170 valence electrons. The SMILES string of the molecule is COc1cc(C(=O)N2CCN=C2N2CCN(c3ccccc3F)CC2)cc(OC)c1OC. The molecule has 0 aromatic heterocycles. The molecule has 1 saturated heterocycles. The van der Waals surface area contributed by atoms with Gasteiger partial charge in [0.1, 0.15) is 5.82 Å². The molecule has 0 bridgehead atoms. The molecule has 0 atom stereocenters. The summed E-state index contributed by atoms with van der Waals surface area (Å²) in [6, 6.07) is 10.1. The summed E-state index contributed by atoms with van der Waals surface area (Å²) in [7, 11) is 4.56. The van der Waals surface area contributed by atoms with Crippen molar-refractivity contribution in [3.05, 3.63) is 47.8 Å². The maximum absolute atomic E-state index is 14.1. The second kappa shape index (κ2) is 9.33. The Bertz CT molecular complexity index is 996. The highest BCUT2D eigenvalue weighted by molar-refractivity contribution is 6.07. The summed E-state index contributed by atoms with van der Waals surface area (Å²) in [4.78, 5) is 23.7. The lowest BCUT2D eigenvalue weighted by atomic mass is 10.1. The van der Waals surface area contributed by atoms with Gasteiger partial charge in [0, 0.05) is 38.3 Å². The van der Waals surface area contributed by atoms with Gasteiger partial charge in [0.05, 0.1) is 33.6 Å². The standard InChI is InChI=1S/C23H27FN4O4/c1-30-19-14-16(15-20(31-2)21(19)32-3)22(29)28-9-8-25-23(28)27-12-10-26(11-13-27)18-7-5-4-6-17(18)24/h4-7,14-15H,8-13H2,1-3H3. The first-order valence-electron chi connectivity index (χ1n) is 10.5. The maximum atomic E-state index is 14.1. The molecule has 4 rings (SSSR count). The largest absolute Gasteiger partial charge is 0.493 e. The van der Waals surface area contributed by atoms with Crippen LogP contribution in [0.15, 0.2) is 41.4 Å². The van der Waals surface area contributed by atoms with E-state index in [1.54, 1.807) is 29.2 Å². The number of anilines is 1. The number of para-hydroxylation sites is 1. The Morgan fingerprint density at radius 3 is 2.12 bits per heavy atom. The third kappa shape index (κ3) is 4.02. The van der Waals surface area contributed by atoms with Crippen molar-refractivity contribution < 1.29 is 23.4 Å². The fourth-order valence-electron chi connectivity index (χ4n) is 4.11. The highest BCUT2D eigenvalue weighted by Gasteiger charge is 2.32. The fraction of sp³-hybridized carbons (Fsp3) is 0.391. The monoisotopic (exact) mass is 442 g/mol. The lowest BCUT2D eigenvalue weighted by Crippen LogP contribution is -2.53. The van der Waals surface area contributed by atoms with Crippen molar-refractivity contribution in [2.75, 3.05) is 65.5 Å². The molecule has 2 heterocycles. The molecule has 1 amide bonds. The van der Waals surface area contributed by atoms with Crippen LogP contribution in [0.1, 0.15) is 10.4 Å². The van der Waals surface area contributed by atoms with Crippen molar-refractivity contribution in [2.24, 2.45) is 4.99 Å². The average molecular weight is 442 g/mol. The number of hydrogen-bond acceptors (Lipinski definition) is 7. The van der Waals surface area contributed by atoms with Gasteiger partial charge in [-0.1, -0.05) is 12.1 Å². The highest BCUT2D eigenvalue weighted by Crippen LogP contribution is 2.38. The molecule has 9 heteroatoms. The molecule has 0 aliphatic carbocycles. The third-order valence-corrected chi connectivity index (χ3v) is 5.73. The van der Waals surface area contributed by atoms with Gasteiger partial charge in [0.2, 0.25) is 11.7 Å². The maximum Gasteiger partial charge on any atom is 0.260 e. The van der Waals surface area contributed by atoms with E-state index in [9.17, 15) is 9.18 Å². The Hall–Kier alpha value is -3.49. The number of halogens is 1. The number of nitrogens with zero attached hydrogens (tertiary/aromatic N) is 4. The third-order valence-electron chi connectivity index (χ3n) is 5.73. The molecule has 2 aliphatic rings. The van der Waals surface area contributed by atoms with Crippen molar-refractivity contribution >= 4 is 17.6 Å². The first kappa shape index (κ1) is 21.7. The Morgan fingerprint density at radius 1 is 0.906 bits per heavy atom. The van der Waals surface area contributed by atoms with Gasteiger partial charge in [-0.2, -0.15) is 0 Å². The minimum Gasteiger partial charge on any atom is -0.493 e. The molecular formula is C23H27FN4O4. The summed E-state index contributed by atoms with van der Waals surface area (Å²) in [6.07, 6.45) is 0. The topological polar surface area (TPSA) is 66.8 Å². The lowest BCUT2D eigenvalue weighted by Gasteiger charge is -2.38. The minimum atomic E-state index is -0.224. The second-order valence-corrected chi connectivity index (χ2v) is 7.48. The molecule has 2 aromatic carbocycles. The number of piperazine rings is 1. The molecule has 8 nitrogen and oxygen atoms in total. The van der Waals surface area contributed by atoms with Crippen LogP contribution in [-0.2, 0) is 0 Å². The number of carbonyl (C=O) groups excluding carboxylic acids is 1. The molecule has 0 radical (unpaired) electrons. The molecule has 0 spiro atoms. The van der Waals surface area contributed by atoms with Gasteiger partial charge in [0.15, 0.2) is 11.5 Å². The Labute approximate surface area is 186 Å². The lowest BCUT2D eigenvalue weighted by molar-refractivity contribution is 0.0842. The minimum absolute atomic E-state index is 0.183. The van der Waals surface area contributed by atoms with Crippen LogP contribution in [-0.4, -0.2) is 82.3 Å². The van der Waals surface area contributed by atoms with E-state index < -0.39 is 0 Å². The number of carbonyl (C=O) groups is 1. The second-order valence-electron chi connectivity index (χ2n) is 7.48. The first-order chi connectivity index (χ1) is 15.6. The van der Waals surface area contributed by atoms with Gasteiger partial charge in [-0.3, -0.25) is 14.7 Å². The van der Waals surface area contributed by atoms with Gasteiger partial charge < -0.3 is 24.0 Å². The van der Waals surface area contributed by atoms with E-state index in [2.05, 4.69) is 9.89 Å². The van der Waals surface area contributed by atoms with Crippen LogP contribution >= 0.6 is 0 Å². The van der Waals surface area contributed by atoms with Gasteiger partial charge >= 0.3 is 0 Å². The smallest absolute Gasteiger partial charge is 0.260 e. The number of guanidine groups is 1. The van der Waals surface area contributed by atoms with Crippen LogP contribution in [0.2, 0.25) is 0 Å². The van der Waals surface area contributed by atoms with Gasteiger partial charge in [-0.15, -0.1) is 0 Å². The number of ether oxygens (including phenoxy) is 3. The molecule has 0 saturated carbocycles. The normalized spacial score (nSPS) is 16.1. The number of hydrogen-bond donors (Lipinski definition) is 0. The van der Waals surface area contributed by atoms with Crippen LogP contribution in [0.25, 0.3) is 0 Å². The van der Waals surface area contributed by atoms with Crippen molar-refractivity contribution in [1.29, 1.82) is 0 Å². The summed E-state index contributed by atoms with van der Waals surface area (Å²) in [5.74, 6) is 1.52. The van der Waals surface area contributed by atoms with E-state index >= 15 is 0 Å². The van der Waals surface area contributed by atoms with Crippen molar-refractivity contribution in [2.45, 2.75) is 0 Å². The molecule has 1 fully saturated rings. The summed E-state index contributed by atoms with van der Waals surface area (Å²) in [5, 5.41) is 0. The van der Waals surface area contributed by atoms with Gasteiger partial charge in [0.25, 0.3) is 5.91 Å².